The molecule has 0 radical (unpaired) electrons. The zero-order chi connectivity index (χ0) is 13.2. The number of nitrogens with zero attached hydrogens (tertiary/aromatic N) is 2. The van der Waals surface area contributed by atoms with E-state index in [9.17, 15) is 0 Å². The Morgan fingerprint density at radius 2 is 2.17 bits per heavy atom. The number of aromatic nitrogens is 2. The molecule has 18 heavy (non-hydrogen) atoms. The average Bonchev–Trinajstić information content (AvgIpc) is 2.39. The Kier molecular flexibility index (Phi) is 4.22. The quantitative estimate of drug-likeness (QED) is 0.930. The van der Waals surface area contributed by atoms with Gasteiger partial charge in [-0.1, -0.05) is 6.92 Å². The third-order valence-electron chi connectivity index (χ3n) is 3.43. The number of rotatable bonds is 3. The van der Waals surface area contributed by atoms with E-state index in [0.29, 0.717) is 0 Å². The largest absolute Gasteiger partial charge is 0.372 e. The Labute approximate surface area is 117 Å². The zero-order valence-electron chi connectivity index (χ0n) is 11.2. The summed E-state index contributed by atoms with van der Waals surface area (Å²) < 4.78 is 6.88. The number of anilines is 1. The molecule has 1 N–H and O–H groups in total. The van der Waals surface area contributed by atoms with E-state index in [0.717, 1.165) is 47.7 Å². The van der Waals surface area contributed by atoms with E-state index in [2.05, 4.69) is 45.1 Å². The average molecular weight is 314 g/mol. The highest BCUT2D eigenvalue weighted by molar-refractivity contribution is 9.10. The van der Waals surface area contributed by atoms with Crippen LogP contribution in [0.4, 0.5) is 5.82 Å². The number of hydrogen-bond acceptors (Lipinski definition) is 4. The Morgan fingerprint density at radius 1 is 1.39 bits per heavy atom. The minimum absolute atomic E-state index is 0.339. The molecule has 0 bridgehead atoms. The van der Waals surface area contributed by atoms with Crippen LogP contribution in [0.1, 0.15) is 44.6 Å². The lowest BCUT2D eigenvalue weighted by Gasteiger charge is -2.32. The summed E-state index contributed by atoms with van der Waals surface area (Å²) in [5.74, 6) is 1.64. The lowest BCUT2D eigenvalue weighted by atomic mass is 9.95. The van der Waals surface area contributed by atoms with E-state index >= 15 is 0 Å². The van der Waals surface area contributed by atoms with E-state index in [1.807, 2.05) is 7.05 Å². The van der Waals surface area contributed by atoms with Gasteiger partial charge in [0.2, 0.25) is 0 Å². The maximum atomic E-state index is 5.92. The summed E-state index contributed by atoms with van der Waals surface area (Å²) in [7, 11) is 1.88. The topological polar surface area (TPSA) is 47.0 Å². The van der Waals surface area contributed by atoms with Crippen LogP contribution in [0.2, 0.25) is 0 Å². The standard InChI is InChI=1S/C13H20BrN3O/c1-4-9-10(14)11(15-3)17-12(16-9)13(2)7-5-6-8-18-13/h4-8H2,1-3H3,(H,15,16,17). The van der Waals surface area contributed by atoms with Crippen LogP contribution < -0.4 is 5.32 Å². The van der Waals surface area contributed by atoms with Crippen molar-refractivity contribution in [1.82, 2.24) is 9.97 Å². The van der Waals surface area contributed by atoms with Gasteiger partial charge in [0.25, 0.3) is 0 Å². The Hall–Kier alpha value is -0.680. The number of halogens is 1. The third-order valence-corrected chi connectivity index (χ3v) is 4.27. The molecular weight excluding hydrogens is 294 g/mol. The Bertz CT molecular complexity index is 405. The minimum Gasteiger partial charge on any atom is -0.372 e. The van der Waals surface area contributed by atoms with Gasteiger partial charge >= 0.3 is 0 Å². The first kappa shape index (κ1) is 13.7. The molecule has 1 unspecified atom stereocenters. The summed E-state index contributed by atoms with van der Waals surface area (Å²) in [5, 5.41) is 3.11. The van der Waals surface area contributed by atoms with E-state index < -0.39 is 0 Å². The van der Waals surface area contributed by atoms with Gasteiger partial charge in [0, 0.05) is 13.7 Å². The molecule has 1 aliphatic heterocycles. The van der Waals surface area contributed by atoms with Gasteiger partial charge < -0.3 is 10.1 Å². The van der Waals surface area contributed by atoms with Gasteiger partial charge in [-0.3, -0.25) is 0 Å². The summed E-state index contributed by atoms with van der Waals surface area (Å²) in [6, 6.07) is 0. The van der Waals surface area contributed by atoms with Gasteiger partial charge in [-0.25, -0.2) is 9.97 Å². The monoisotopic (exact) mass is 313 g/mol. The predicted octanol–water partition coefficient (Wildman–Crippen LogP) is 3.26. The molecule has 2 heterocycles. The lowest BCUT2D eigenvalue weighted by Crippen LogP contribution is -2.33. The highest BCUT2D eigenvalue weighted by Gasteiger charge is 2.34. The molecule has 1 aromatic rings. The fourth-order valence-corrected chi connectivity index (χ4v) is 2.90. The smallest absolute Gasteiger partial charge is 0.162 e. The van der Waals surface area contributed by atoms with Crippen molar-refractivity contribution in [2.45, 2.75) is 45.1 Å². The van der Waals surface area contributed by atoms with Crippen LogP contribution >= 0.6 is 15.9 Å². The lowest BCUT2D eigenvalue weighted by molar-refractivity contribution is -0.0761. The molecule has 0 saturated carbocycles. The maximum Gasteiger partial charge on any atom is 0.162 e. The second-order valence-electron chi connectivity index (χ2n) is 4.80. The second-order valence-corrected chi connectivity index (χ2v) is 5.59. The molecular formula is C13H20BrN3O. The highest BCUT2D eigenvalue weighted by atomic mass is 79.9. The third kappa shape index (κ3) is 2.52. The van der Waals surface area contributed by atoms with Crippen LogP contribution in [0.5, 0.6) is 0 Å². The summed E-state index contributed by atoms with van der Waals surface area (Å²) in [5.41, 5.74) is 0.689. The van der Waals surface area contributed by atoms with Crippen molar-refractivity contribution in [2.24, 2.45) is 0 Å². The van der Waals surface area contributed by atoms with E-state index in [1.165, 1.54) is 6.42 Å². The van der Waals surface area contributed by atoms with Crippen LogP contribution in [0.25, 0.3) is 0 Å². The first-order valence-electron chi connectivity index (χ1n) is 6.49. The van der Waals surface area contributed by atoms with Crippen LogP contribution in [0.15, 0.2) is 4.47 Å². The molecule has 1 atom stereocenters. The van der Waals surface area contributed by atoms with Crippen molar-refractivity contribution < 1.29 is 4.74 Å². The molecule has 0 spiro atoms. The Balaban J connectivity index is 2.43. The van der Waals surface area contributed by atoms with E-state index in [-0.39, 0.29) is 5.60 Å². The normalized spacial score (nSPS) is 24.0. The van der Waals surface area contributed by atoms with Gasteiger partial charge in [-0.05, 0) is 48.5 Å². The molecule has 4 nitrogen and oxygen atoms in total. The summed E-state index contributed by atoms with van der Waals surface area (Å²) >= 11 is 3.55. The van der Waals surface area contributed by atoms with Crippen LogP contribution in [-0.4, -0.2) is 23.6 Å². The molecule has 0 amide bonds. The maximum absolute atomic E-state index is 5.92. The molecule has 1 aliphatic rings. The van der Waals surface area contributed by atoms with Gasteiger partial charge in [-0.2, -0.15) is 0 Å². The molecule has 100 valence electrons. The highest BCUT2D eigenvalue weighted by Crippen LogP contribution is 2.35. The fourth-order valence-electron chi connectivity index (χ4n) is 2.24. The van der Waals surface area contributed by atoms with Gasteiger partial charge in [0.1, 0.15) is 11.4 Å². The van der Waals surface area contributed by atoms with Gasteiger partial charge in [0.05, 0.1) is 10.2 Å². The minimum atomic E-state index is -0.339. The summed E-state index contributed by atoms with van der Waals surface area (Å²) in [6.07, 6.45) is 4.17. The van der Waals surface area contributed by atoms with E-state index in [4.69, 9.17) is 4.74 Å². The van der Waals surface area contributed by atoms with Gasteiger partial charge in [-0.15, -0.1) is 0 Å². The molecule has 1 fully saturated rings. The van der Waals surface area contributed by atoms with Crippen molar-refractivity contribution in [1.29, 1.82) is 0 Å². The first-order chi connectivity index (χ1) is 8.60. The van der Waals surface area contributed by atoms with Crippen molar-refractivity contribution in [3.8, 4) is 0 Å². The van der Waals surface area contributed by atoms with E-state index in [1.54, 1.807) is 0 Å². The van der Waals surface area contributed by atoms with Crippen LogP contribution in [0.3, 0.4) is 0 Å². The zero-order valence-corrected chi connectivity index (χ0v) is 12.8. The second kappa shape index (κ2) is 5.53. The Morgan fingerprint density at radius 3 is 2.72 bits per heavy atom. The van der Waals surface area contributed by atoms with Crippen LogP contribution in [0, 0.1) is 0 Å². The summed E-state index contributed by atoms with van der Waals surface area (Å²) in [6.45, 7) is 4.99. The first-order valence-corrected chi connectivity index (χ1v) is 7.28. The van der Waals surface area contributed by atoms with Crippen molar-refractivity contribution in [3.63, 3.8) is 0 Å². The van der Waals surface area contributed by atoms with Gasteiger partial charge in [0.15, 0.2) is 5.82 Å². The number of nitrogens with one attached hydrogen (secondary N) is 1. The predicted molar refractivity (Wildman–Crippen MR) is 75.8 cm³/mol. The SMILES string of the molecule is CCc1nc(C2(C)CCCCO2)nc(NC)c1Br. The molecule has 1 aromatic heterocycles. The molecule has 0 aliphatic carbocycles. The fraction of sp³-hybridized carbons (Fsp3) is 0.692. The molecule has 1 saturated heterocycles. The molecule has 0 aromatic carbocycles. The number of ether oxygens (including phenoxy) is 1. The molecule has 2 rings (SSSR count). The van der Waals surface area contributed by atoms with Crippen molar-refractivity contribution in [2.75, 3.05) is 19.0 Å². The number of aryl methyl sites for hydroxylation is 1. The van der Waals surface area contributed by atoms with Crippen molar-refractivity contribution in [3.05, 3.63) is 16.0 Å². The number of hydrogen-bond donors (Lipinski definition) is 1. The van der Waals surface area contributed by atoms with Crippen LogP contribution in [-0.2, 0) is 16.8 Å². The summed E-state index contributed by atoms with van der Waals surface area (Å²) in [4.78, 5) is 9.27. The molecule has 5 heteroatoms. The van der Waals surface area contributed by atoms with Crippen molar-refractivity contribution >= 4 is 21.7 Å².